The minimum absolute atomic E-state index is 0.520. The summed E-state index contributed by atoms with van der Waals surface area (Å²) in [7, 11) is 3.20. The molecule has 0 spiro atoms. The highest BCUT2D eigenvalue weighted by Crippen LogP contribution is 2.43. The van der Waals surface area contributed by atoms with Gasteiger partial charge in [0.25, 0.3) is 0 Å². The molecule has 1 aliphatic rings. The normalized spacial score (nSPS) is 14.0. The first kappa shape index (κ1) is 17.9. The molecule has 0 unspecified atom stereocenters. The lowest BCUT2D eigenvalue weighted by Crippen LogP contribution is -2.29. The lowest BCUT2D eigenvalue weighted by atomic mass is 10.00. The van der Waals surface area contributed by atoms with Gasteiger partial charge in [-0.25, -0.2) is 0 Å². The second kappa shape index (κ2) is 7.62. The zero-order valence-corrected chi connectivity index (χ0v) is 16.2. The van der Waals surface area contributed by atoms with E-state index in [0.717, 1.165) is 37.3 Å². The summed E-state index contributed by atoms with van der Waals surface area (Å²) in [5.74, 6) is 1.15. The van der Waals surface area contributed by atoms with Gasteiger partial charge in [-0.3, -0.25) is 10.00 Å². The van der Waals surface area contributed by atoms with Gasteiger partial charge >= 0.3 is 0 Å². The van der Waals surface area contributed by atoms with E-state index in [1.54, 1.807) is 14.2 Å². The molecule has 0 bridgehead atoms. The number of nitrogens with one attached hydrogen (secondary N) is 1. The molecule has 4 rings (SSSR count). The first-order valence-electron chi connectivity index (χ1n) is 8.94. The van der Waals surface area contributed by atoms with Crippen molar-refractivity contribution in [2.24, 2.45) is 0 Å². The fourth-order valence-electron chi connectivity index (χ4n) is 3.62. The highest BCUT2D eigenvalue weighted by atomic mass is 35.5. The summed E-state index contributed by atoms with van der Waals surface area (Å²) in [6.07, 6.45) is 0.945. The van der Waals surface area contributed by atoms with Crippen LogP contribution in [0.15, 0.2) is 42.5 Å². The van der Waals surface area contributed by atoms with Crippen molar-refractivity contribution in [2.45, 2.75) is 19.5 Å². The van der Waals surface area contributed by atoms with E-state index in [9.17, 15) is 0 Å². The van der Waals surface area contributed by atoms with Crippen LogP contribution in [0.2, 0.25) is 5.02 Å². The fourth-order valence-corrected chi connectivity index (χ4v) is 3.95. The number of methoxy groups -OCH3 is 2. The Balaban J connectivity index is 1.66. The van der Waals surface area contributed by atoms with Crippen molar-refractivity contribution in [3.63, 3.8) is 0 Å². The summed E-state index contributed by atoms with van der Waals surface area (Å²) in [6, 6.07) is 14.3. The van der Waals surface area contributed by atoms with Crippen molar-refractivity contribution in [2.75, 3.05) is 20.8 Å². The number of hydrogen-bond acceptors (Lipinski definition) is 4. The second-order valence-corrected chi connectivity index (χ2v) is 7.02. The third-order valence-corrected chi connectivity index (χ3v) is 5.38. The maximum atomic E-state index is 6.62. The minimum atomic E-state index is 0.520. The lowest BCUT2D eigenvalue weighted by molar-refractivity contribution is 0.245. The average molecular weight is 384 g/mol. The molecule has 6 heteroatoms. The molecule has 0 saturated carbocycles. The van der Waals surface area contributed by atoms with Crippen LogP contribution in [-0.2, 0) is 19.5 Å². The van der Waals surface area contributed by atoms with Crippen molar-refractivity contribution >= 4 is 11.6 Å². The number of rotatable bonds is 5. The third kappa shape index (κ3) is 3.40. The highest BCUT2D eigenvalue weighted by Gasteiger charge is 2.25. The van der Waals surface area contributed by atoms with Gasteiger partial charge in [-0.1, -0.05) is 41.9 Å². The Hall–Kier alpha value is -2.50. The molecule has 0 saturated heterocycles. The van der Waals surface area contributed by atoms with Crippen LogP contribution in [0, 0.1) is 0 Å². The highest BCUT2D eigenvalue weighted by molar-refractivity contribution is 6.35. The molecular formula is C21H22ClN3O2. The van der Waals surface area contributed by atoms with Crippen LogP contribution in [-0.4, -0.2) is 35.9 Å². The zero-order valence-electron chi connectivity index (χ0n) is 15.5. The Morgan fingerprint density at radius 1 is 1.11 bits per heavy atom. The minimum Gasteiger partial charge on any atom is -0.493 e. The Kier molecular flexibility index (Phi) is 5.05. The van der Waals surface area contributed by atoms with Crippen molar-refractivity contribution in [3.05, 3.63) is 64.3 Å². The summed E-state index contributed by atoms with van der Waals surface area (Å²) in [5, 5.41) is 8.28. The number of H-pyrrole nitrogens is 1. The molecule has 5 nitrogen and oxygen atoms in total. The standard InChI is InChI=1S/C21H22ClN3O2/c1-26-18-9-8-15(19(22)21(18)27-2)20-16-13-25(11-10-17(16)23-24-20)12-14-6-4-3-5-7-14/h3-9H,10-13H2,1-2H3,(H,23,24). The molecule has 140 valence electrons. The number of nitrogens with zero attached hydrogens (tertiary/aromatic N) is 2. The Morgan fingerprint density at radius 2 is 1.93 bits per heavy atom. The first-order valence-corrected chi connectivity index (χ1v) is 9.32. The summed E-state index contributed by atoms with van der Waals surface area (Å²) in [4.78, 5) is 2.44. The van der Waals surface area contributed by atoms with Crippen LogP contribution in [0.1, 0.15) is 16.8 Å². The zero-order chi connectivity index (χ0) is 18.8. The Morgan fingerprint density at radius 3 is 2.67 bits per heavy atom. The van der Waals surface area contributed by atoms with E-state index in [0.29, 0.717) is 16.5 Å². The van der Waals surface area contributed by atoms with Crippen LogP contribution >= 0.6 is 11.6 Å². The SMILES string of the molecule is COc1ccc(-c2n[nH]c3c2CN(Cc2ccccc2)CC3)c(Cl)c1OC. The number of aromatic amines is 1. The predicted molar refractivity (Wildman–Crippen MR) is 106 cm³/mol. The lowest BCUT2D eigenvalue weighted by Gasteiger charge is -2.27. The molecule has 2 heterocycles. The number of fused-ring (bicyclic) bond motifs is 1. The first-order chi connectivity index (χ1) is 13.2. The summed E-state index contributed by atoms with van der Waals surface area (Å²) < 4.78 is 10.8. The maximum absolute atomic E-state index is 6.62. The Labute approximate surface area is 163 Å². The van der Waals surface area contributed by atoms with E-state index in [4.69, 9.17) is 21.1 Å². The van der Waals surface area contributed by atoms with Gasteiger partial charge < -0.3 is 9.47 Å². The smallest absolute Gasteiger partial charge is 0.180 e. The van der Waals surface area contributed by atoms with E-state index in [-0.39, 0.29) is 0 Å². The fraction of sp³-hybridized carbons (Fsp3) is 0.286. The largest absolute Gasteiger partial charge is 0.493 e. The number of hydrogen-bond donors (Lipinski definition) is 1. The van der Waals surface area contributed by atoms with Crippen LogP contribution in [0.3, 0.4) is 0 Å². The van der Waals surface area contributed by atoms with Gasteiger partial charge in [0.2, 0.25) is 0 Å². The van der Waals surface area contributed by atoms with Crippen LogP contribution in [0.25, 0.3) is 11.3 Å². The van der Waals surface area contributed by atoms with Gasteiger partial charge in [0.1, 0.15) is 0 Å². The quantitative estimate of drug-likeness (QED) is 0.713. The molecule has 1 N–H and O–H groups in total. The van der Waals surface area contributed by atoms with E-state index < -0.39 is 0 Å². The molecule has 2 aromatic carbocycles. The summed E-state index contributed by atoms with van der Waals surface area (Å²) >= 11 is 6.62. The molecule has 0 aliphatic carbocycles. The molecule has 27 heavy (non-hydrogen) atoms. The van der Waals surface area contributed by atoms with Crippen LogP contribution < -0.4 is 9.47 Å². The van der Waals surface area contributed by atoms with Crippen LogP contribution in [0.4, 0.5) is 0 Å². The third-order valence-electron chi connectivity index (χ3n) is 5.00. The van der Waals surface area contributed by atoms with Gasteiger partial charge in [-0.2, -0.15) is 5.10 Å². The molecule has 1 aromatic heterocycles. The topological polar surface area (TPSA) is 50.4 Å². The number of halogens is 1. The molecule has 0 fully saturated rings. The summed E-state index contributed by atoms with van der Waals surface area (Å²) in [6.45, 7) is 2.76. The van der Waals surface area contributed by atoms with Gasteiger partial charge in [0.05, 0.1) is 24.9 Å². The van der Waals surface area contributed by atoms with E-state index in [1.165, 1.54) is 16.8 Å². The predicted octanol–water partition coefficient (Wildman–Crippen LogP) is 4.31. The molecule has 1 aliphatic heterocycles. The molecule has 3 aromatic rings. The van der Waals surface area contributed by atoms with Crippen molar-refractivity contribution in [3.8, 4) is 22.8 Å². The van der Waals surface area contributed by atoms with Gasteiger partial charge in [0, 0.05) is 42.9 Å². The number of ether oxygens (including phenoxy) is 2. The number of benzene rings is 2. The van der Waals surface area contributed by atoms with Crippen LogP contribution in [0.5, 0.6) is 11.5 Å². The van der Waals surface area contributed by atoms with Crippen molar-refractivity contribution in [1.82, 2.24) is 15.1 Å². The van der Waals surface area contributed by atoms with E-state index in [1.807, 2.05) is 18.2 Å². The molecule has 0 atom stereocenters. The van der Waals surface area contributed by atoms with Gasteiger partial charge in [-0.05, 0) is 17.7 Å². The van der Waals surface area contributed by atoms with Gasteiger partial charge in [0.15, 0.2) is 11.5 Å². The van der Waals surface area contributed by atoms with Gasteiger partial charge in [-0.15, -0.1) is 0 Å². The number of aromatic nitrogens is 2. The molecule has 0 radical (unpaired) electrons. The van der Waals surface area contributed by atoms with Crippen molar-refractivity contribution < 1.29 is 9.47 Å². The van der Waals surface area contributed by atoms with E-state index >= 15 is 0 Å². The summed E-state index contributed by atoms with van der Waals surface area (Å²) in [5.41, 5.74) is 5.43. The average Bonchev–Trinajstić information content (AvgIpc) is 3.11. The second-order valence-electron chi connectivity index (χ2n) is 6.64. The molecular weight excluding hydrogens is 362 g/mol. The maximum Gasteiger partial charge on any atom is 0.180 e. The Bertz CT molecular complexity index is 940. The molecule has 0 amide bonds. The van der Waals surface area contributed by atoms with E-state index in [2.05, 4.69) is 39.4 Å². The van der Waals surface area contributed by atoms with Crippen molar-refractivity contribution in [1.29, 1.82) is 0 Å². The monoisotopic (exact) mass is 383 g/mol.